The van der Waals surface area contributed by atoms with Crippen LogP contribution in [0.1, 0.15) is 0 Å². The van der Waals surface area contributed by atoms with Crippen LogP contribution in [0.4, 0.5) is 0 Å². The van der Waals surface area contributed by atoms with Gasteiger partial charge in [0.2, 0.25) is 0 Å². The normalized spacial score (nSPS) is 6.25. The summed E-state index contributed by atoms with van der Waals surface area (Å²) in [5, 5.41) is 2.84. The first kappa shape index (κ1) is 4.52. The van der Waals surface area contributed by atoms with E-state index >= 15 is 0 Å². The van der Waals surface area contributed by atoms with E-state index in [1.165, 1.54) is 19.4 Å². The van der Waals surface area contributed by atoms with Crippen LogP contribution in [-0.4, -0.2) is 11.6 Å². The second-order valence-electron chi connectivity index (χ2n) is 0.407. The van der Waals surface area contributed by atoms with Crippen LogP contribution < -0.4 is 5.32 Å². The molecular weight excluding hydrogens is 222 g/mol. The summed E-state index contributed by atoms with van der Waals surface area (Å²) >= 11 is 1.47. The first-order valence-corrected chi connectivity index (χ1v) is 2.72. The Labute approximate surface area is 36.8 Å². The molecular formula is C2H5NW. The van der Waals surface area contributed by atoms with Crippen LogP contribution in [0, 0.1) is 0 Å². The summed E-state index contributed by atoms with van der Waals surface area (Å²) in [5.41, 5.74) is 0. The number of nitrogens with one attached hydrogen (secondary N) is 1. The van der Waals surface area contributed by atoms with Crippen molar-refractivity contribution < 1.29 is 19.4 Å². The van der Waals surface area contributed by atoms with Gasteiger partial charge in [-0.2, -0.15) is 0 Å². The summed E-state index contributed by atoms with van der Waals surface area (Å²) in [4.78, 5) is 0. The minimum absolute atomic E-state index is 1.47. The first-order valence-electron chi connectivity index (χ1n) is 1.02. The van der Waals surface area contributed by atoms with Crippen LogP contribution >= 0.6 is 0 Å². The van der Waals surface area contributed by atoms with Gasteiger partial charge in [-0.15, -0.1) is 0 Å². The summed E-state index contributed by atoms with van der Waals surface area (Å²) in [6.07, 6.45) is 0. The van der Waals surface area contributed by atoms with Crippen molar-refractivity contribution in [3.8, 4) is 0 Å². The van der Waals surface area contributed by atoms with Gasteiger partial charge in [0.05, 0.1) is 0 Å². The van der Waals surface area contributed by atoms with Crippen molar-refractivity contribution in [3.63, 3.8) is 0 Å². The molecule has 0 rings (SSSR count). The van der Waals surface area contributed by atoms with Crippen molar-refractivity contribution in [1.29, 1.82) is 0 Å². The predicted octanol–water partition coefficient (Wildman–Crippen LogP) is -0.488. The summed E-state index contributed by atoms with van der Waals surface area (Å²) in [6.45, 7) is 0. The summed E-state index contributed by atoms with van der Waals surface area (Å²) in [5.74, 6) is 0. The van der Waals surface area contributed by atoms with Crippen LogP contribution in [0.5, 0.6) is 0 Å². The van der Waals surface area contributed by atoms with Crippen molar-refractivity contribution in [2.75, 3.05) is 7.05 Å². The Morgan fingerprint density at radius 2 is 2.25 bits per heavy atom. The molecule has 0 aliphatic heterocycles. The minimum atomic E-state index is 1.47. The van der Waals surface area contributed by atoms with E-state index in [0.717, 1.165) is 0 Å². The van der Waals surface area contributed by atoms with Gasteiger partial charge >= 0.3 is 36.2 Å². The fourth-order valence-corrected chi connectivity index (χ4v) is 0. The molecule has 0 saturated carbocycles. The Balaban J connectivity index is 2.30. The molecule has 0 bridgehead atoms. The van der Waals surface area contributed by atoms with Crippen LogP contribution in [0.25, 0.3) is 0 Å². The van der Waals surface area contributed by atoms with Crippen molar-refractivity contribution in [1.82, 2.24) is 5.32 Å². The molecule has 0 saturated heterocycles. The quantitative estimate of drug-likeness (QED) is 0.637. The van der Waals surface area contributed by atoms with Gasteiger partial charge in [-0.1, -0.05) is 0 Å². The van der Waals surface area contributed by atoms with Gasteiger partial charge in [0, 0.05) is 0 Å². The molecule has 0 aliphatic rings. The van der Waals surface area contributed by atoms with E-state index in [1.54, 1.807) is 0 Å². The number of hydrogen-bond donors (Lipinski definition) is 1. The first-order chi connectivity index (χ1) is 1.91. The standard InChI is InChI=1S/C2H5N.W/c1-3-2;/h1,3H,2H3;. The molecule has 0 unspecified atom stereocenters. The average molecular weight is 227 g/mol. The molecule has 1 N–H and O–H groups in total. The molecule has 0 amide bonds. The van der Waals surface area contributed by atoms with Crippen molar-refractivity contribution in [3.05, 3.63) is 0 Å². The van der Waals surface area contributed by atoms with E-state index in [-0.39, 0.29) is 0 Å². The van der Waals surface area contributed by atoms with Crippen molar-refractivity contribution in [2.24, 2.45) is 0 Å². The molecule has 24 valence electrons. The molecule has 4 heavy (non-hydrogen) atoms. The maximum atomic E-state index is 2.84. The van der Waals surface area contributed by atoms with E-state index in [0.29, 0.717) is 0 Å². The van der Waals surface area contributed by atoms with Crippen LogP contribution in [0.15, 0.2) is 0 Å². The van der Waals surface area contributed by atoms with Crippen LogP contribution in [0.3, 0.4) is 0 Å². The molecule has 0 fully saturated rings. The SMILES string of the molecule is CN[CH]=[W]. The molecule has 0 aromatic rings. The summed E-state index contributed by atoms with van der Waals surface area (Å²) in [6, 6.07) is 0. The van der Waals surface area contributed by atoms with E-state index in [2.05, 4.69) is 5.32 Å². The monoisotopic (exact) mass is 227 g/mol. The third-order valence-corrected chi connectivity index (χ3v) is 0.965. The van der Waals surface area contributed by atoms with Gasteiger partial charge in [-0.05, 0) is 0 Å². The molecule has 0 heterocycles. The second-order valence-corrected chi connectivity index (χ2v) is 1.25. The fourth-order valence-electron chi connectivity index (χ4n) is 0. The molecule has 2 heteroatoms. The number of rotatable bonds is 1. The number of hydrogen-bond acceptors (Lipinski definition) is 1. The molecule has 0 aromatic carbocycles. The molecule has 0 aromatic heterocycles. The van der Waals surface area contributed by atoms with Gasteiger partial charge in [-0.3, -0.25) is 0 Å². The van der Waals surface area contributed by atoms with Gasteiger partial charge in [-0.25, -0.2) is 0 Å². The Bertz CT molecular complexity index is 20.0. The average Bonchev–Trinajstić information content (AvgIpc) is 1.37. The van der Waals surface area contributed by atoms with Crippen LogP contribution in [0.2, 0.25) is 0 Å². The molecule has 0 atom stereocenters. The summed E-state index contributed by atoms with van der Waals surface area (Å²) < 4.78 is 1.96. The molecule has 0 aliphatic carbocycles. The van der Waals surface area contributed by atoms with Crippen LogP contribution in [-0.2, 0) is 19.4 Å². The van der Waals surface area contributed by atoms with Crippen molar-refractivity contribution in [2.45, 2.75) is 0 Å². The van der Waals surface area contributed by atoms with E-state index in [4.69, 9.17) is 0 Å². The predicted molar refractivity (Wildman–Crippen MR) is 15.1 cm³/mol. The molecule has 1 nitrogen and oxygen atoms in total. The zero-order chi connectivity index (χ0) is 3.41. The van der Waals surface area contributed by atoms with E-state index in [1.807, 2.05) is 11.6 Å². The molecule has 0 radical (unpaired) electrons. The zero-order valence-corrected chi connectivity index (χ0v) is 5.42. The Hall–Kier alpha value is 0.518. The van der Waals surface area contributed by atoms with E-state index in [9.17, 15) is 0 Å². The third kappa shape index (κ3) is 2.52. The van der Waals surface area contributed by atoms with Gasteiger partial charge in [0.25, 0.3) is 0 Å². The van der Waals surface area contributed by atoms with Gasteiger partial charge in [0.1, 0.15) is 0 Å². The Morgan fingerprint density at radius 1 is 2.00 bits per heavy atom. The Kier molecular flexibility index (Phi) is 3.97. The van der Waals surface area contributed by atoms with E-state index < -0.39 is 0 Å². The Morgan fingerprint density at radius 3 is 2.25 bits per heavy atom. The topological polar surface area (TPSA) is 12.0 Å². The van der Waals surface area contributed by atoms with Crippen molar-refractivity contribution >= 4 is 4.52 Å². The fraction of sp³-hybridized carbons (Fsp3) is 0.500. The maximum absolute atomic E-state index is 2.84. The van der Waals surface area contributed by atoms with Gasteiger partial charge < -0.3 is 0 Å². The van der Waals surface area contributed by atoms with Gasteiger partial charge in [0.15, 0.2) is 0 Å². The zero-order valence-electron chi connectivity index (χ0n) is 2.49. The molecule has 0 spiro atoms. The summed E-state index contributed by atoms with van der Waals surface area (Å²) in [7, 11) is 1.90. The second kappa shape index (κ2) is 3.52. The third-order valence-electron chi connectivity index (χ3n) is 0.118.